The molecule has 7 nitrogen and oxygen atoms in total. The summed E-state index contributed by atoms with van der Waals surface area (Å²) in [6, 6.07) is 5.57. The van der Waals surface area contributed by atoms with Gasteiger partial charge in [0.1, 0.15) is 5.69 Å². The molecule has 7 heteroatoms. The van der Waals surface area contributed by atoms with Crippen LogP contribution in [0.15, 0.2) is 24.4 Å². The highest BCUT2D eigenvalue weighted by Gasteiger charge is 2.27. The number of aromatic nitrogens is 3. The van der Waals surface area contributed by atoms with Crippen molar-refractivity contribution < 1.29 is 9.59 Å². The van der Waals surface area contributed by atoms with Gasteiger partial charge in [0.2, 0.25) is 0 Å². The van der Waals surface area contributed by atoms with Crippen molar-refractivity contribution in [2.45, 2.75) is 52.6 Å². The predicted octanol–water partition coefficient (Wildman–Crippen LogP) is 2.32. The molecule has 0 bridgehead atoms. The molecule has 0 radical (unpaired) electrons. The number of nitrogens with zero attached hydrogens (tertiary/aromatic N) is 3. The van der Waals surface area contributed by atoms with Crippen molar-refractivity contribution in [3.63, 3.8) is 0 Å². The number of rotatable bonds is 7. The van der Waals surface area contributed by atoms with Crippen molar-refractivity contribution in [2.24, 2.45) is 5.92 Å². The molecule has 2 aromatic heterocycles. The van der Waals surface area contributed by atoms with Crippen LogP contribution in [0.3, 0.4) is 0 Å². The van der Waals surface area contributed by atoms with Gasteiger partial charge in [0.25, 0.3) is 11.8 Å². The number of fused-ring (bicyclic) bond motifs is 1. The van der Waals surface area contributed by atoms with E-state index in [0.717, 1.165) is 37.1 Å². The Morgan fingerprint density at radius 3 is 2.78 bits per heavy atom. The zero-order valence-corrected chi connectivity index (χ0v) is 16.0. The lowest BCUT2D eigenvalue weighted by atomic mass is 10.1. The lowest BCUT2D eigenvalue weighted by molar-refractivity contribution is 0.0934. The van der Waals surface area contributed by atoms with E-state index in [1.807, 2.05) is 22.8 Å². The normalized spacial score (nSPS) is 13.3. The second-order valence-corrected chi connectivity index (χ2v) is 7.28. The van der Waals surface area contributed by atoms with Crippen molar-refractivity contribution in [1.82, 2.24) is 25.2 Å². The van der Waals surface area contributed by atoms with Gasteiger partial charge in [0, 0.05) is 19.3 Å². The van der Waals surface area contributed by atoms with Crippen molar-refractivity contribution >= 4 is 11.8 Å². The van der Waals surface area contributed by atoms with Crippen LogP contribution in [-0.4, -0.2) is 32.9 Å². The van der Waals surface area contributed by atoms with Crippen LogP contribution in [0.1, 0.15) is 65.6 Å². The van der Waals surface area contributed by atoms with Crippen molar-refractivity contribution in [2.75, 3.05) is 6.54 Å². The summed E-state index contributed by atoms with van der Waals surface area (Å²) in [5.41, 5.74) is 2.04. The molecule has 0 spiro atoms. The van der Waals surface area contributed by atoms with Gasteiger partial charge in [-0.05, 0) is 43.7 Å². The highest BCUT2D eigenvalue weighted by molar-refractivity contribution is 5.97. The predicted molar refractivity (Wildman–Crippen MR) is 102 cm³/mol. The molecule has 0 aromatic carbocycles. The molecule has 27 heavy (non-hydrogen) atoms. The Labute approximate surface area is 159 Å². The van der Waals surface area contributed by atoms with Crippen LogP contribution in [0.4, 0.5) is 0 Å². The average molecular weight is 369 g/mol. The maximum Gasteiger partial charge on any atom is 0.287 e. The number of hydrogen-bond donors (Lipinski definition) is 2. The molecule has 0 saturated carbocycles. The Bertz CT molecular complexity index is 798. The van der Waals surface area contributed by atoms with Gasteiger partial charge < -0.3 is 15.2 Å². The third kappa shape index (κ3) is 4.72. The first-order valence-corrected chi connectivity index (χ1v) is 9.62. The van der Waals surface area contributed by atoms with Crippen LogP contribution in [-0.2, 0) is 19.5 Å². The Kier molecular flexibility index (Phi) is 6.21. The lowest BCUT2D eigenvalue weighted by Gasteiger charge is -2.17. The Morgan fingerprint density at radius 1 is 1.19 bits per heavy atom. The quantitative estimate of drug-likeness (QED) is 0.784. The highest BCUT2D eigenvalue weighted by atomic mass is 16.2. The summed E-state index contributed by atoms with van der Waals surface area (Å²) in [4.78, 5) is 33.9. The Hall–Kier alpha value is -2.70. The number of pyridine rings is 1. The number of nitrogens with one attached hydrogen (secondary N) is 2. The molecular formula is C20H27N5O2. The maximum absolute atomic E-state index is 12.7. The van der Waals surface area contributed by atoms with E-state index in [9.17, 15) is 9.59 Å². The summed E-state index contributed by atoms with van der Waals surface area (Å²) in [6.45, 7) is 5.90. The van der Waals surface area contributed by atoms with Gasteiger partial charge in [0.15, 0.2) is 5.82 Å². The Balaban J connectivity index is 1.74. The van der Waals surface area contributed by atoms with Crippen molar-refractivity contribution in [3.8, 4) is 0 Å². The standard InChI is InChI=1S/C20H27N5O2/c1-14(2)9-11-22-19(26)17-16-8-4-6-12-25(16)18(24-17)20(27)23-13-15-7-3-5-10-21-15/h3,5,7,10,14H,4,6,8-9,11-13H2,1-2H3,(H,22,26)(H,23,27). The summed E-state index contributed by atoms with van der Waals surface area (Å²) in [5.74, 6) is 0.374. The van der Waals surface area contributed by atoms with Crippen LogP contribution in [0.5, 0.6) is 0 Å². The molecule has 144 valence electrons. The van der Waals surface area contributed by atoms with E-state index in [2.05, 4.69) is 34.4 Å². The third-order valence-electron chi connectivity index (χ3n) is 4.70. The number of hydrogen-bond acceptors (Lipinski definition) is 4. The number of amides is 2. The lowest BCUT2D eigenvalue weighted by Crippen LogP contribution is -2.27. The first-order chi connectivity index (χ1) is 13.1. The minimum absolute atomic E-state index is 0.190. The molecule has 3 heterocycles. The van der Waals surface area contributed by atoms with E-state index in [1.165, 1.54) is 0 Å². The fourth-order valence-corrected chi connectivity index (χ4v) is 3.21. The van der Waals surface area contributed by atoms with Gasteiger partial charge in [-0.25, -0.2) is 4.98 Å². The average Bonchev–Trinajstić information content (AvgIpc) is 3.06. The molecule has 2 N–H and O–H groups in total. The number of imidazole rings is 1. The van der Waals surface area contributed by atoms with Crippen LogP contribution in [0, 0.1) is 5.92 Å². The van der Waals surface area contributed by atoms with E-state index < -0.39 is 0 Å². The second kappa shape index (κ2) is 8.79. The van der Waals surface area contributed by atoms with Crippen molar-refractivity contribution in [1.29, 1.82) is 0 Å². The molecule has 0 saturated heterocycles. The zero-order valence-electron chi connectivity index (χ0n) is 16.0. The summed E-state index contributed by atoms with van der Waals surface area (Å²) in [7, 11) is 0. The first-order valence-electron chi connectivity index (χ1n) is 9.62. The van der Waals surface area contributed by atoms with Crippen LogP contribution < -0.4 is 10.6 Å². The molecular weight excluding hydrogens is 342 g/mol. The van der Waals surface area contributed by atoms with Gasteiger partial charge in [-0.15, -0.1) is 0 Å². The van der Waals surface area contributed by atoms with E-state index in [0.29, 0.717) is 37.1 Å². The number of carbonyl (C=O) groups excluding carboxylic acids is 2. The summed E-state index contributed by atoms with van der Waals surface area (Å²) in [5, 5.41) is 5.79. The molecule has 0 unspecified atom stereocenters. The van der Waals surface area contributed by atoms with E-state index >= 15 is 0 Å². The highest BCUT2D eigenvalue weighted by Crippen LogP contribution is 2.21. The molecule has 2 amide bonds. The summed E-state index contributed by atoms with van der Waals surface area (Å²) in [6.07, 6.45) is 5.37. The van der Waals surface area contributed by atoms with Gasteiger partial charge in [-0.3, -0.25) is 14.6 Å². The molecule has 3 rings (SSSR count). The van der Waals surface area contributed by atoms with Gasteiger partial charge >= 0.3 is 0 Å². The number of carbonyl (C=O) groups is 2. The van der Waals surface area contributed by atoms with Crippen LogP contribution in [0.2, 0.25) is 0 Å². The fourth-order valence-electron chi connectivity index (χ4n) is 3.21. The third-order valence-corrected chi connectivity index (χ3v) is 4.70. The minimum atomic E-state index is -0.273. The monoisotopic (exact) mass is 369 g/mol. The van der Waals surface area contributed by atoms with E-state index in [4.69, 9.17) is 0 Å². The molecule has 0 aliphatic carbocycles. The molecule has 0 atom stereocenters. The van der Waals surface area contributed by atoms with Gasteiger partial charge in [-0.1, -0.05) is 19.9 Å². The van der Waals surface area contributed by atoms with Gasteiger partial charge in [-0.2, -0.15) is 0 Å². The molecule has 1 aliphatic rings. The largest absolute Gasteiger partial charge is 0.351 e. The second-order valence-electron chi connectivity index (χ2n) is 7.28. The summed E-state index contributed by atoms with van der Waals surface area (Å²) < 4.78 is 1.90. The fraction of sp³-hybridized carbons (Fsp3) is 0.500. The smallest absolute Gasteiger partial charge is 0.287 e. The summed E-state index contributed by atoms with van der Waals surface area (Å²) >= 11 is 0. The molecule has 1 aliphatic heterocycles. The first kappa shape index (κ1) is 19.1. The minimum Gasteiger partial charge on any atom is -0.351 e. The zero-order chi connectivity index (χ0) is 19.2. The molecule has 2 aromatic rings. The van der Waals surface area contributed by atoms with E-state index in [-0.39, 0.29) is 11.8 Å². The maximum atomic E-state index is 12.7. The Morgan fingerprint density at radius 2 is 2.04 bits per heavy atom. The van der Waals surface area contributed by atoms with Crippen LogP contribution >= 0.6 is 0 Å². The van der Waals surface area contributed by atoms with Gasteiger partial charge in [0.05, 0.1) is 17.9 Å². The van der Waals surface area contributed by atoms with E-state index in [1.54, 1.807) is 6.20 Å². The topological polar surface area (TPSA) is 88.9 Å². The SMILES string of the molecule is CC(C)CCNC(=O)c1nc(C(=O)NCc2ccccn2)n2c1CCCC2. The van der Waals surface area contributed by atoms with Crippen molar-refractivity contribution in [3.05, 3.63) is 47.3 Å². The van der Waals surface area contributed by atoms with Crippen LogP contribution in [0.25, 0.3) is 0 Å². The molecule has 0 fully saturated rings.